The van der Waals surface area contributed by atoms with Crippen LogP contribution >= 0.6 is 7.82 Å². The molecule has 0 aliphatic rings. The number of phosphoric acid groups is 1. The van der Waals surface area contributed by atoms with Crippen LogP contribution in [0, 0.1) is 0 Å². The van der Waals surface area contributed by atoms with E-state index in [-0.39, 0.29) is 19.8 Å². The fourth-order valence-electron chi connectivity index (χ4n) is 3.93. The first-order chi connectivity index (χ1) is 18.1. The average Bonchev–Trinajstić information content (AvgIpc) is 2.85. The maximum Gasteiger partial charge on any atom is 0.330 e. The Kier molecular flexibility index (Phi) is 23.6. The van der Waals surface area contributed by atoms with Crippen LogP contribution in [0.25, 0.3) is 0 Å². The summed E-state index contributed by atoms with van der Waals surface area (Å²) in [5.41, 5.74) is 0. The number of carbonyl (C=O) groups excluding carboxylic acids is 1. The molecule has 0 radical (unpaired) electrons. The van der Waals surface area contributed by atoms with Gasteiger partial charge in [0.2, 0.25) is 0 Å². The minimum atomic E-state index is -4.50. The van der Waals surface area contributed by atoms with Crippen LogP contribution in [0.5, 0.6) is 0 Å². The number of hydrogen-bond acceptors (Lipinski definition) is 7. The third kappa shape index (κ3) is 26.8. The van der Waals surface area contributed by atoms with Gasteiger partial charge >= 0.3 is 5.97 Å². The van der Waals surface area contributed by atoms with E-state index in [0.717, 1.165) is 18.9 Å². The second kappa shape index (κ2) is 24.1. The summed E-state index contributed by atoms with van der Waals surface area (Å²) in [7, 11) is 1.30. The van der Waals surface area contributed by atoms with Crippen molar-refractivity contribution in [2.24, 2.45) is 0 Å². The summed E-state index contributed by atoms with van der Waals surface area (Å²) >= 11 is 0. The molecule has 2 atom stereocenters. The Hall–Kier alpha value is -0.760. The van der Waals surface area contributed by atoms with Gasteiger partial charge in [-0.25, -0.2) is 4.79 Å². The Balaban J connectivity index is 3.81. The number of likely N-dealkylation sites (N-methyl/N-ethyl adjacent to an activating group) is 1. The number of carbonyl (C=O) groups is 1. The molecule has 0 aromatic carbocycles. The van der Waals surface area contributed by atoms with Gasteiger partial charge in [0.1, 0.15) is 19.3 Å². The molecular weight excluding hydrogens is 505 g/mol. The molecule has 0 aliphatic carbocycles. The van der Waals surface area contributed by atoms with Crippen molar-refractivity contribution < 1.29 is 37.3 Å². The van der Waals surface area contributed by atoms with Crippen molar-refractivity contribution in [2.45, 2.75) is 116 Å². The summed E-state index contributed by atoms with van der Waals surface area (Å²) in [5, 5.41) is 0. The van der Waals surface area contributed by atoms with Gasteiger partial charge < -0.3 is 27.9 Å². The van der Waals surface area contributed by atoms with E-state index < -0.39 is 19.9 Å². The molecule has 0 amide bonds. The number of esters is 1. The molecular formula is C29H58NO7P. The topological polar surface area (TPSA) is 94.1 Å². The van der Waals surface area contributed by atoms with Gasteiger partial charge in [-0.05, 0) is 6.42 Å². The van der Waals surface area contributed by atoms with E-state index in [1.54, 1.807) is 0 Å². The molecule has 0 saturated carbocycles. The van der Waals surface area contributed by atoms with E-state index in [4.69, 9.17) is 18.5 Å². The first kappa shape index (κ1) is 37.2. The highest BCUT2D eigenvalue weighted by molar-refractivity contribution is 7.45. The van der Waals surface area contributed by atoms with Crippen LogP contribution in [0.2, 0.25) is 0 Å². The second-order valence-corrected chi connectivity index (χ2v) is 12.6. The summed E-state index contributed by atoms with van der Waals surface area (Å²) in [6, 6.07) is 0. The molecule has 0 heterocycles. The van der Waals surface area contributed by atoms with Gasteiger partial charge in [-0.15, -0.1) is 0 Å². The van der Waals surface area contributed by atoms with E-state index in [1.807, 2.05) is 21.1 Å². The zero-order valence-electron chi connectivity index (χ0n) is 25.0. The first-order valence-corrected chi connectivity index (χ1v) is 16.4. The van der Waals surface area contributed by atoms with Crippen LogP contribution in [0.15, 0.2) is 12.7 Å². The lowest BCUT2D eigenvalue weighted by molar-refractivity contribution is -0.870. The lowest BCUT2D eigenvalue weighted by Crippen LogP contribution is -2.37. The van der Waals surface area contributed by atoms with Crippen molar-refractivity contribution in [3.8, 4) is 0 Å². The monoisotopic (exact) mass is 563 g/mol. The predicted octanol–water partition coefficient (Wildman–Crippen LogP) is 6.57. The number of rotatable bonds is 28. The van der Waals surface area contributed by atoms with Crippen LogP contribution in [0.4, 0.5) is 0 Å². The van der Waals surface area contributed by atoms with Gasteiger partial charge in [0, 0.05) is 12.7 Å². The van der Waals surface area contributed by atoms with Crippen molar-refractivity contribution in [3.63, 3.8) is 0 Å². The zero-order chi connectivity index (χ0) is 28.5. The number of ether oxygens (including phenoxy) is 2. The Bertz CT molecular complexity index is 625. The number of quaternary nitrogens is 1. The molecule has 8 nitrogen and oxygen atoms in total. The van der Waals surface area contributed by atoms with Gasteiger partial charge in [0.25, 0.3) is 7.82 Å². The minimum absolute atomic E-state index is 0.0111. The lowest BCUT2D eigenvalue weighted by atomic mass is 10.0. The fourth-order valence-corrected chi connectivity index (χ4v) is 4.66. The van der Waals surface area contributed by atoms with Crippen LogP contribution in [-0.2, 0) is 27.9 Å². The highest BCUT2D eigenvalue weighted by Crippen LogP contribution is 2.38. The number of hydrogen-bond donors (Lipinski definition) is 0. The molecule has 9 heteroatoms. The highest BCUT2D eigenvalue weighted by Gasteiger charge is 2.19. The molecule has 1 unspecified atom stereocenters. The standard InChI is InChI=1S/C29H58NO7P/c1-6-8-9-10-11-12-13-14-15-16-17-18-19-20-21-22-24-34-26-28(37-29(31)7-2)27-36-38(32,33)35-25-23-30(3,4)5/h7,28H,2,6,8-27H2,1,3-5H3/t28-/m1/s1. The molecule has 38 heavy (non-hydrogen) atoms. The molecule has 0 spiro atoms. The summed E-state index contributed by atoms with van der Waals surface area (Å²) < 4.78 is 33.1. The SMILES string of the molecule is C=CC(=O)O[C@H](COCCCCCCCCCCCCCCCCCC)COP(=O)([O-])OCC[N+](C)(C)C. The zero-order valence-corrected chi connectivity index (χ0v) is 25.9. The van der Waals surface area contributed by atoms with Crippen LogP contribution in [0.3, 0.4) is 0 Å². The van der Waals surface area contributed by atoms with Crippen molar-refractivity contribution in [1.82, 2.24) is 0 Å². The maximum atomic E-state index is 12.0. The Morgan fingerprint density at radius 1 is 0.789 bits per heavy atom. The van der Waals surface area contributed by atoms with E-state index in [9.17, 15) is 14.3 Å². The number of nitrogens with zero attached hydrogens (tertiary/aromatic N) is 1. The number of phosphoric ester groups is 1. The van der Waals surface area contributed by atoms with Crippen LogP contribution in [-0.4, -0.2) is 70.7 Å². The third-order valence-electron chi connectivity index (χ3n) is 6.33. The fraction of sp³-hybridized carbons (Fsp3) is 0.897. The molecule has 226 valence electrons. The second-order valence-electron chi connectivity index (χ2n) is 11.2. The van der Waals surface area contributed by atoms with Crippen LogP contribution in [0.1, 0.15) is 110 Å². The Morgan fingerprint density at radius 2 is 1.26 bits per heavy atom. The Labute approximate surface area is 233 Å². The van der Waals surface area contributed by atoms with Gasteiger partial charge in [-0.3, -0.25) is 4.57 Å². The molecule has 0 rings (SSSR count). The molecule has 0 aliphatic heterocycles. The van der Waals surface area contributed by atoms with Crippen molar-refractivity contribution in [2.75, 3.05) is 54.1 Å². The molecule has 0 aromatic heterocycles. The maximum absolute atomic E-state index is 12.0. The van der Waals surface area contributed by atoms with Crippen molar-refractivity contribution >= 4 is 13.8 Å². The third-order valence-corrected chi connectivity index (χ3v) is 7.29. The molecule has 0 aromatic rings. The largest absolute Gasteiger partial charge is 0.756 e. The average molecular weight is 564 g/mol. The van der Waals surface area contributed by atoms with E-state index in [1.165, 1.54) is 89.9 Å². The smallest absolute Gasteiger partial charge is 0.330 e. The summed E-state index contributed by atoms with van der Waals surface area (Å²) in [4.78, 5) is 23.6. The molecule has 0 fully saturated rings. The minimum Gasteiger partial charge on any atom is -0.756 e. The molecule has 0 bridgehead atoms. The summed E-state index contributed by atoms with van der Waals surface area (Å²) in [6.07, 6.45) is 21.1. The normalized spacial score (nSPS) is 14.2. The Morgan fingerprint density at radius 3 is 1.71 bits per heavy atom. The van der Waals surface area contributed by atoms with Crippen LogP contribution < -0.4 is 4.89 Å². The number of unbranched alkanes of at least 4 members (excludes halogenated alkanes) is 15. The summed E-state index contributed by atoms with van der Waals surface area (Å²) in [5.74, 6) is -0.656. The quantitative estimate of drug-likeness (QED) is 0.0349. The van der Waals surface area contributed by atoms with E-state index in [2.05, 4.69) is 13.5 Å². The first-order valence-electron chi connectivity index (χ1n) is 14.9. The van der Waals surface area contributed by atoms with Gasteiger partial charge in [0.15, 0.2) is 0 Å². The van der Waals surface area contributed by atoms with Crippen molar-refractivity contribution in [1.29, 1.82) is 0 Å². The lowest BCUT2D eigenvalue weighted by Gasteiger charge is -2.28. The van der Waals surface area contributed by atoms with Gasteiger partial charge in [-0.1, -0.05) is 110 Å². The predicted molar refractivity (Wildman–Crippen MR) is 153 cm³/mol. The molecule has 0 N–H and O–H groups in total. The van der Waals surface area contributed by atoms with Gasteiger partial charge in [-0.2, -0.15) is 0 Å². The van der Waals surface area contributed by atoms with E-state index >= 15 is 0 Å². The highest BCUT2D eigenvalue weighted by atomic mass is 31.2. The summed E-state index contributed by atoms with van der Waals surface area (Å²) in [6.45, 7) is 6.37. The van der Waals surface area contributed by atoms with E-state index in [0.29, 0.717) is 17.6 Å². The van der Waals surface area contributed by atoms with Crippen molar-refractivity contribution in [3.05, 3.63) is 12.7 Å². The van der Waals surface area contributed by atoms with Gasteiger partial charge in [0.05, 0.1) is 34.4 Å². The molecule has 0 saturated heterocycles.